The van der Waals surface area contributed by atoms with E-state index in [9.17, 15) is 0 Å². The van der Waals surface area contributed by atoms with E-state index in [1.807, 2.05) is 67.7 Å². The second-order valence-corrected chi connectivity index (χ2v) is 6.05. The second-order valence-electron chi connectivity index (χ2n) is 6.05. The molecule has 6 heteroatoms. The van der Waals surface area contributed by atoms with Gasteiger partial charge in [-0.3, -0.25) is 4.90 Å². The quantitative estimate of drug-likeness (QED) is 0.525. The van der Waals surface area contributed by atoms with Gasteiger partial charge in [0.15, 0.2) is 0 Å². The molecule has 0 spiro atoms. The van der Waals surface area contributed by atoms with Gasteiger partial charge >= 0.3 is 0 Å². The van der Waals surface area contributed by atoms with Crippen LogP contribution in [0, 0.1) is 0 Å². The minimum Gasteiger partial charge on any atom is -0.444 e. The summed E-state index contributed by atoms with van der Waals surface area (Å²) in [6.07, 6.45) is 1.68. The third-order valence-corrected chi connectivity index (χ3v) is 3.90. The monoisotopic (exact) mass is 346 g/mol. The maximum absolute atomic E-state index is 5.74. The normalized spacial score (nSPS) is 11.2. The van der Waals surface area contributed by atoms with Gasteiger partial charge in [0.25, 0.3) is 0 Å². The van der Waals surface area contributed by atoms with Crippen LogP contribution in [0.5, 0.6) is 0 Å². The van der Waals surface area contributed by atoms with Gasteiger partial charge in [-0.15, -0.1) is 10.2 Å². The van der Waals surface area contributed by atoms with Gasteiger partial charge in [0, 0.05) is 17.7 Å². The maximum Gasteiger partial charge on any atom is 0.247 e. The van der Waals surface area contributed by atoms with Crippen LogP contribution >= 0.6 is 0 Å². The lowest BCUT2D eigenvalue weighted by molar-refractivity contribution is 0.279. The van der Waals surface area contributed by atoms with Gasteiger partial charge in [-0.1, -0.05) is 36.4 Å². The Morgan fingerprint density at radius 2 is 1.46 bits per heavy atom. The Bertz CT molecular complexity index is 884. The molecule has 2 aromatic heterocycles. The number of aromatic nitrogens is 3. The van der Waals surface area contributed by atoms with Crippen molar-refractivity contribution in [3.8, 4) is 22.9 Å². The molecule has 0 atom stereocenters. The Kier molecular flexibility index (Phi) is 4.57. The lowest BCUT2D eigenvalue weighted by Crippen LogP contribution is -2.17. The molecule has 0 amide bonds. The van der Waals surface area contributed by atoms with Crippen LogP contribution in [0.25, 0.3) is 22.9 Å². The molecule has 0 aliphatic rings. The number of oxazole rings is 1. The Balaban J connectivity index is 1.40. The summed E-state index contributed by atoms with van der Waals surface area (Å²) < 4.78 is 11.3. The SMILES string of the molecule is CN(Cc1coc(-c2ccccc2)n1)Cc1nnc(-c2ccccc2)o1. The fraction of sp³-hybridized carbons (Fsp3) is 0.150. The van der Waals surface area contributed by atoms with Crippen LogP contribution < -0.4 is 0 Å². The first-order valence-corrected chi connectivity index (χ1v) is 8.34. The molecular formula is C20H18N4O2. The molecule has 0 N–H and O–H groups in total. The molecule has 6 nitrogen and oxygen atoms in total. The van der Waals surface area contributed by atoms with E-state index in [-0.39, 0.29) is 0 Å². The standard InChI is InChI=1S/C20H18N4O2/c1-24(12-17-14-25-19(21-17)15-8-4-2-5-9-15)13-18-22-23-20(26-18)16-10-6-3-7-11-16/h2-11,14H,12-13H2,1H3. The summed E-state index contributed by atoms with van der Waals surface area (Å²) >= 11 is 0. The average Bonchev–Trinajstić information content (AvgIpc) is 3.33. The summed E-state index contributed by atoms with van der Waals surface area (Å²) in [4.78, 5) is 6.59. The molecule has 26 heavy (non-hydrogen) atoms. The van der Waals surface area contributed by atoms with Crippen molar-refractivity contribution < 1.29 is 8.83 Å². The first-order chi connectivity index (χ1) is 12.8. The molecule has 2 heterocycles. The highest BCUT2D eigenvalue weighted by atomic mass is 16.4. The maximum atomic E-state index is 5.74. The molecule has 0 fully saturated rings. The lowest BCUT2D eigenvalue weighted by Gasteiger charge is -2.11. The number of rotatable bonds is 6. The highest BCUT2D eigenvalue weighted by molar-refractivity contribution is 5.52. The van der Waals surface area contributed by atoms with Gasteiger partial charge in [0.1, 0.15) is 6.26 Å². The third kappa shape index (κ3) is 3.70. The highest BCUT2D eigenvalue weighted by Crippen LogP contribution is 2.20. The summed E-state index contributed by atoms with van der Waals surface area (Å²) in [6.45, 7) is 1.16. The van der Waals surface area contributed by atoms with E-state index in [4.69, 9.17) is 8.83 Å². The Hall–Kier alpha value is -3.25. The van der Waals surface area contributed by atoms with Gasteiger partial charge in [-0.25, -0.2) is 4.98 Å². The van der Waals surface area contributed by atoms with E-state index in [1.165, 1.54) is 0 Å². The Morgan fingerprint density at radius 1 is 0.808 bits per heavy atom. The number of hydrogen-bond donors (Lipinski definition) is 0. The highest BCUT2D eigenvalue weighted by Gasteiger charge is 2.13. The van der Waals surface area contributed by atoms with E-state index < -0.39 is 0 Å². The predicted octanol–water partition coefficient (Wildman–Crippen LogP) is 4.02. The molecule has 0 saturated heterocycles. The Morgan fingerprint density at radius 3 is 2.15 bits per heavy atom. The minimum atomic E-state index is 0.529. The summed E-state index contributed by atoms with van der Waals surface area (Å²) in [5.41, 5.74) is 2.73. The van der Waals surface area contributed by atoms with Crippen molar-refractivity contribution in [2.75, 3.05) is 7.05 Å². The van der Waals surface area contributed by atoms with Crippen molar-refractivity contribution in [2.45, 2.75) is 13.1 Å². The van der Waals surface area contributed by atoms with E-state index in [1.54, 1.807) is 6.26 Å². The van der Waals surface area contributed by atoms with Gasteiger partial charge in [0.05, 0.1) is 12.2 Å². The van der Waals surface area contributed by atoms with E-state index in [0.29, 0.717) is 30.8 Å². The molecule has 130 valence electrons. The summed E-state index contributed by atoms with van der Waals surface area (Å²) in [5.74, 6) is 1.72. The fourth-order valence-corrected chi connectivity index (χ4v) is 2.67. The van der Waals surface area contributed by atoms with Crippen LogP contribution in [-0.4, -0.2) is 27.1 Å². The van der Waals surface area contributed by atoms with Gasteiger partial charge in [-0.05, 0) is 31.3 Å². The molecule has 4 aromatic rings. The Labute approximate surface area is 151 Å². The lowest BCUT2D eigenvalue weighted by atomic mass is 10.2. The van der Waals surface area contributed by atoms with Crippen LogP contribution in [0.3, 0.4) is 0 Å². The van der Waals surface area contributed by atoms with Gasteiger partial charge in [-0.2, -0.15) is 0 Å². The number of nitrogens with zero attached hydrogens (tertiary/aromatic N) is 4. The molecule has 0 radical (unpaired) electrons. The van der Waals surface area contributed by atoms with Crippen molar-refractivity contribution in [2.24, 2.45) is 0 Å². The van der Waals surface area contributed by atoms with Crippen LogP contribution in [0.4, 0.5) is 0 Å². The number of hydrogen-bond acceptors (Lipinski definition) is 6. The van der Waals surface area contributed by atoms with Crippen LogP contribution in [0.15, 0.2) is 75.8 Å². The zero-order chi connectivity index (χ0) is 17.8. The largest absolute Gasteiger partial charge is 0.444 e. The van der Waals surface area contributed by atoms with Crippen LogP contribution in [-0.2, 0) is 13.1 Å². The fourth-order valence-electron chi connectivity index (χ4n) is 2.67. The zero-order valence-electron chi connectivity index (χ0n) is 14.4. The smallest absolute Gasteiger partial charge is 0.247 e. The second kappa shape index (κ2) is 7.33. The number of benzene rings is 2. The predicted molar refractivity (Wildman–Crippen MR) is 96.8 cm³/mol. The van der Waals surface area contributed by atoms with E-state index in [0.717, 1.165) is 16.8 Å². The summed E-state index contributed by atoms with van der Waals surface area (Å²) in [5, 5.41) is 8.24. The molecule has 0 unspecified atom stereocenters. The van der Waals surface area contributed by atoms with Crippen LogP contribution in [0.2, 0.25) is 0 Å². The van der Waals surface area contributed by atoms with Gasteiger partial charge in [0.2, 0.25) is 17.7 Å². The van der Waals surface area contributed by atoms with Gasteiger partial charge < -0.3 is 8.83 Å². The minimum absolute atomic E-state index is 0.529. The molecule has 0 aliphatic heterocycles. The van der Waals surface area contributed by atoms with Crippen molar-refractivity contribution in [1.29, 1.82) is 0 Å². The van der Waals surface area contributed by atoms with Crippen molar-refractivity contribution in [3.63, 3.8) is 0 Å². The summed E-state index contributed by atoms with van der Waals surface area (Å²) in [6, 6.07) is 19.6. The zero-order valence-corrected chi connectivity index (χ0v) is 14.4. The third-order valence-electron chi connectivity index (χ3n) is 3.90. The van der Waals surface area contributed by atoms with E-state index >= 15 is 0 Å². The summed E-state index contributed by atoms with van der Waals surface area (Å²) in [7, 11) is 1.98. The average molecular weight is 346 g/mol. The van der Waals surface area contributed by atoms with Crippen molar-refractivity contribution >= 4 is 0 Å². The molecule has 0 saturated carbocycles. The first-order valence-electron chi connectivity index (χ1n) is 8.34. The molecule has 0 bridgehead atoms. The molecular weight excluding hydrogens is 328 g/mol. The molecule has 0 aliphatic carbocycles. The topological polar surface area (TPSA) is 68.2 Å². The molecule has 2 aromatic carbocycles. The first kappa shape index (κ1) is 16.2. The van der Waals surface area contributed by atoms with Crippen molar-refractivity contribution in [1.82, 2.24) is 20.1 Å². The van der Waals surface area contributed by atoms with E-state index in [2.05, 4.69) is 20.1 Å². The van der Waals surface area contributed by atoms with Crippen molar-refractivity contribution in [3.05, 3.63) is 78.5 Å². The van der Waals surface area contributed by atoms with Crippen LogP contribution in [0.1, 0.15) is 11.6 Å². The molecule has 4 rings (SSSR count).